The highest BCUT2D eigenvalue weighted by molar-refractivity contribution is 5.30. The molecule has 32 heavy (non-hydrogen) atoms. The molecular formula is C32H44. The van der Waals surface area contributed by atoms with E-state index in [2.05, 4.69) is 69.4 Å². The van der Waals surface area contributed by atoms with E-state index in [0.29, 0.717) is 10.8 Å². The SMILES string of the molecule is CC(C)(C1CCC(C2(C)C3CC4CC(C3)CC2C4)C1)C1C2C=CC=CC2C2C=CC=CC21. The summed E-state index contributed by atoms with van der Waals surface area (Å²) in [7, 11) is 0. The molecule has 0 saturated heterocycles. The van der Waals surface area contributed by atoms with Gasteiger partial charge in [-0.1, -0.05) is 69.4 Å². The van der Waals surface area contributed by atoms with Gasteiger partial charge in [-0.2, -0.15) is 0 Å². The Bertz CT molecular complexity index is 818. The second kappa shape index (κ2) is 6.99. The van der Waals surface area contributed by atoms with E-state index in [1.807, 2.05) is 0 Å². The van der Waals surface area contributed by atoms with Crippen molar-refractivity contribution in [3.8, 4) is 0 Å². The molecule has 0 heteroatoms. The Balaban J connectivity index is 1.16. The molecule has 6 atom stereocenters. The van der Waals surface area contributed by atoms with E-state index in [0.717, 1.165) is 65.1 Å². The quantitative estimate of drug-likeness (QED) is 0.424. The summed E-state index contributed by atoms with van der Waals surface area (Å²) < 4.78 is 0. The van der Waals surface area contributed by atoms with Crippen LogP contribution >= 0.6 is 0 Å². The lowest BCUT2D eigenvalue weighted by molar-refractivity contribution is -0.130. The molecule has 0 aromatic heterocycles. The lowest BCUT2D eigenvalue weighted by atomic mass is 9.43. The second-order valence-corrected chi connectivity index (χ2v) is 14.1. The van der Waals surface area contributed by atoms with Crippen LogP contribution in [0, 0.1) is 75.9 Å². The number of allylic oxidation sites excluding steroid dienone is 8. The highest BCUT2D eigenvalue weighted by Crippen LogP contribution is 2.69. The van der Waals surface area contributed by atoms with Crippen LogP contribution in [0.4, 0.5) is 0 Å². The highest BCUT2D eigenvalue weighted by atomic mass is 14.7. The average Bonchev–Trinajstić information content (AvgIpc) is 3.41. The summed E-state index contributed by atoms with van der Waals surface area (Å²) in [5.41, 5.74) is 1.09. The monoisotopic (exact) mass is 428 g/mol. The standard InChI is InChI=1S/C32H44/c1-31(2,30-28-10-6-4-8-26(28)27-9-5-7-11-29(27)30)22-12-13-23(19-22)32(3)24-15-20-14-21(17-24)18-25(32)16-20/h4-11,20-30H,12-19H2,1-3H3. The van der Waals surface area contributed by atoms with E-state index < -0.39 is 0 Å². The van der Waals surface area contributed by atoms with Crippen molar-refractivity contribution in [2.75, 3.05) is 0 Å². The summed E-state index contributed by atoms with van der Waals surface area (Å²) >= 11 is 0. The van der Waals surface area contributed by atoms with Crippen molar-refractivity contribution in [3.63, 3.8) is 0 Å². The molecule has 0 aromatic rings. The summed E-state index contributed by atoms with van der Waals surface area (Å²) in [4.78, 5) is 0. The van der Waals surface area contributed by atoms with Gasteiger partial charge in [0.25, 0.3) is 0 Å². The summed E-state index contributed by atoms with van der Waals surface area (Å²) in [6.45, 7) is 8.15. The number of rotatable bonds is 3. The molecule has 4 bridgehead atoms. The zero-order valence-electron chi connectivity index (χ0n) is 20.6. The van der Waals surface area contributed by atoms with Crippen molar-refractivity contribution in [1.82, 2.24) is 0 Å². The molecule has 0 amide bonds. The van der Waals surface area contributed by atoms with Crippen molar-refractivity contribution in [1.29, 1.82) is 0 Å². The van der Waals surface area contributed by atoms with Gasteiger partial charge in [-0.3, -0.25) is 0 Å². The molecule has 6 saturated carbocycles. The smallest absolute Gasteiger partial charge is 0.00954 e. The molecule has 0 N–H and O–H groups in total. The first kappa shape index (κ1) is 20.3. The highest BCUT2D eigenvalue weighted by Gasteiger charge is 2.60. The molecule has 0 nitrogen and oxygen atoms in total. The maximum atomic E-state index is 2.78. The average molecular weight is 429 g/mol. The van der Waals surface area contributed by atoms with E-state index in [-0.39, 0.29) is 0 Å². The largest absolute Gasteiger partial charge is 0.0805 e. The Labute approximate surface area is 196 Å². The third-order valence-corrected chi connectivity index (χ3v) is 12.8. The maximum Gasteiger partial charge on any atom is -0.00954 e. The van der Waals surface area contributed by atoms with Gasteiger partial charge in [-0.15, -0.1) is 0 Å². The van der Waals surface area contributed by atoms with Crippen molar-refractivity contribution in [2.24, 2.45) is 75.9 Å². The topological polar surface area (TPSA) is 0 Å². The van der Waals surface area contributed by atoms with E-state index in [9.17, 15) is 0 Å². The summed E-state index contributed by atoms with van der Waals surface area (Å²) in [5, 5.41) is 0. The molecule has 172 valence electrons. The first-order chi connectivity index (χ1) is 15.5. The fourth-order valence-corrected chi connectivity index (χ4v) is 11.4. The Kier molecular flexibility index (Phi) is 4.44. The van der Waals surface area contributed by atoms with Gasteiger partial charge in [0.15, 0.2) is 0 Å². The van der Waals surface area contributed by atoms with Gasteiger partial charge in [-0.05, 0) is 127 Å². The predicted molar refractivity (Wildman–Crippen MR) is 134 cm³/mol. The van der Waals surface area contributed by atoms with Crippen molar-refractivity contribution in [3.05, 3.63) is 48.6 Å². The fourth-order valence-electron chi connectivity index (χ4n) is 11.4. The second-order valence-electron chi connectivity index (χ2n) is 14.1. The van der Waals surface area contributed by atoms with Gasteiger partial charge in [-0.25, -0.2) is 0 Å². The van der Waals surface area contributed by atoms with Crippen LogP contribution in [0.2, 0.25) is 0 Å². The third kappa shape index (κ3) is 2.68. The van der Waals surface area contributed by atoms with E-state index in [4.69, 9.17) is 0 Å². The first-order valence-corrected chi connectivity index (χ1v) is 14.2. The Morgan fingerprint density at radius 2 is 1.09 bits per heavy atom. The van der Waals surface area contributed by atoms with Crippen LogP contribution in [0.1, 0.15) is 72.1 Å². The van der Waals surface area contributed by atoms with Crippen LogP contribution < -0.4 is 0 Å². The van der Waals surface area contributed by atoms with Gasteiger partial charge >= 0.3 is 0 Å². The molecule has 0 aromatic carbocycles. The number of fused-ring (bicyclic) bond motifs is 3. The Morgan fingerprint density at radius 3 is 1.62 bits per heavy atom. The molecule has 6 fully saturated rings. The third-order valence-electron chi connectivity index (χ3n) is 12.8. The van der Waals surface area contributed by atoms with Gasteiger partial charge in [0.05, 0.1) is 0 Å². The van der Waals surface area contributed by atoms with E-state index in [1.165, 1.54) is 19.3 Å². The minimum atomic E-state index is 0.421. The van der Waals surface area contributed by atoms with Crippen LogP contribution in [-0.4, -0.2) is 0 Å². The van der Waals surface area contributed by atoms with Crippen molar-refractivity contribution < 1.29 is 0 Å². The number of hydrogen-bond acceptors (Lipinski definition) is 0. The Hall–Kier alpha value is -1.04. The zero-order chi connectivity index (χ0) is 21.7. The minimum Gasteiger partial charge on any atom is -0.0805 e. The van der Waals surface area contributed by atoms with Gasteiger partial charge in [0.1, 0.15) is 0 Å². The van der Waals surface area contributed by atoms with Crippen LogP contribution in [0.25, 0.3) is 0 Å². The molecule has 0 heterocycles. The van der Waals surface area contributed by atoms with Crippen LogP contribution in [-0.2, 0) is 0 Å². The molecule has 8 aliphatic carbocycles. The molecule has 0 aliphatic heterocycles. The molecule has 0 spiro atoms. The van der Waals surface area contributed by atoms with Gasteiger partial charge < -0.3 is 0 Å². The van der Waals surface area contributed by atoms with E-state index >= 15 is 0 Å². The first-order valence-electron chi connectivity index (χ1n) is 14.2. The fraction of sp³-hybridized carbons (Fsp3) is 0.750. The molecular weight excluding hydrogens is 384 g/mol. The van der Waals surface area contributed by atoms with Crippen molar-refractivity contribution in [2.45, 2.75) is 72.1 Å². The summed E-state index contributed by atoms with van der Waals surface area (Å²) in [6, 6.07) is 0. The molecule has 8 rings (SSSR count). The normalized spacial score (nSPS) is 54.9. The van der Waals surface area contributed by atoms with Crippen LogP contribution in [0.15, 0.2) is 48.6 Å². The van der Waals surface area contributed by atoms with Crippen molar-refractivity contribution >= 4 is 0 Å². The number of hydrogen-bond donors (Lipinski definition) is 0. The molecule has 8 aliphatic rings. The lowest BCUT2D eigenvalue weighted by Gasteiger charge is -2.62. The molecule has 0 radical (unpaired) electrons. The lowest BCUT2D eigenvalue weighted by Crippen LogP contribution is -2.54. The summed E-state index contributed by atoms with van der Waals surface area (Å²) in [5.74, 6) is 9.91. The Morgan fingerprint density at radius 1 is 0.594 bits per heavy atom. The maximum absolute atomic E-state index is 2.78. The molecule has 6 unspecified atom stereocenters. The van der Waals surface area contributed by atoms with Gasteiger partial charge in [0, 0.05) is 0 Å². The summed E-state index contributed by atoms with van der Waals surface area (Å²) in [6.07, 6.45) is 32.0. The predicted octanol–water partition coefficient (Wildman–Crippen LogP) is 8.24. The van der Waals surface area contributed by atoms with Gasteiger partial charge in [0.2, 0.25) is 0 Å². The zero-order valence-corrected chi connectivity index (χ0v) is 20.6. The van der Waals surface area contributed by atoms with Crippen LogP contribution in [0.3, 0.4) is 0 Å². The van der Waals surface area contributed by atoms with E-state index in [1.54, 1.807) is 32.1 Å². The van der Waals surface area contributed by atoms with Crippen LogP contribution in [0.5, 0.6) is 0 Å². The minimum absolute atomic E-state index is 0.421.